The Balaban J connectivity index is 2.84. The summed E-state index contributed by atoms with van der Waals surface area (Å²) in [5.74, 6) is 0. The molecule has 1 aromatic rings. The zero-order valence-electron chi connectivity index (χ0n) is 5.74. The highest BCUT2D eigenvalue weighted by atomic mass is 16.3. The van der Waals surface area contributed by atoms with Crippen molar-refractivity contribution in [1.29, 1.82) is 0 Å². The zero-order chi connectivity index (χ0) is 7.40. The largest absolute Gasteiger partial charge is 0.262 e. The van der Waals surface area contributed by atoms with Gasteiger partial charge < -0.3 is 0 Å². The lowest BCUT2D eigenvalue weighted by Gasteiger charge is -1.93. The van der Waals surface area contributed by atoms with Crippen molar-refractivity contribution >= 4 is 0 Å². The van der Waals surface area contributed by atoms with E-state index >= 15 is 0 Å². The quantitative estimate of drug-likeness (QED) is 0.580. The van der Waals surface area contributed by atoms with Crippen LogP contribution in [0.3, 0.4) is 0 Å². The molecule has 3 heteroatoms. The number of hydrogen-bond acceptors (Lipinski definition) is 3. The molecule has 0 saturated carbocycles. The van der Waals surface area contributed by atoms with Gasteiger partial charge in [0.1, 0.15) is 6.54 Å². The fraction of sp³-hybridized carbons (Fsp3) is 0.286. The van der Waals surface area contributed by atoms with Crippen LogP contribution in [0.25, 0.3) is 0 Å². The van der Waals surface area contributed by atoms with Gasteiger partial charge in [0.2, 0.25) is 0 Å². The van der Waals surface area contributed by atoms with Gasteiger partial charge in [-0.3, -0.25) is 4.98 Å². The molecule has 0 unspecified atom stereocenters. The van der Waals surface area contributed by atoms with Crippen LogP contribution in [0.1, 0.15) is 11.3 Å². The van der Waals surface area contributed by atoms with Crippen LogP contribution in [-0.4, -0.2) is 4.98 Å². The Labute approximate surface area is 59.1 Å². The second kappa shape index (κ2) is 3.06. The van der Waals surface area contributed by atoms with Crippen molar-refractivity contribution in [3.63, 3.8) is 0 Å². The number of aromatic nitrogens is 1. The summed E-state index contributed by atoms with van der Waals surface area (Å²) >= 11 is 0. The van der Waals surface area contributed by atoms with Crippen LogP contribution in [0.4, 0.5) is 0 Å². The van der Waals surface area contributed by atoms with Crippen LogP contribution in [-0.2, 0) is 6.54 Å². The van der Waals surface area contributed by atoms with Crippen LogP contribution in [0.5, 0.6) is 0 Å². The van der Waals surface area contributed by atoms with E-state index in [9.17, 15) is 4.91 Å². The Kier molecular flexibility index (Phi) is 2.10. The third kappa shape index (κ3) is 1.62. The second-order valence-electron chi connectivity index (χ2n) is 2.09. The molecule has 0 saturated heterocycles. The number of pyridine rings is 1. The molecular weight excluding hydrogens is 128 g/mol. The molecule has 1 heterocycles. The maximum Gasteiger partial charge on any atom is 0.106 e. The number of rotatable bonds is 2. The first kappa shape index (κ1) is 6.86. The van der Waals surface area contributed by atoms with Gasteiger partial charge in [-0.1, -0.05) is 5.18 Å². The fourth-order valence-electron chi connectivity index (χ4n) is 0.777. The molecule has 3 nitrogen and oxygen atoms in total. The molecule has 0 aliphatic heterocycles. The van der Waals surface area contributed by atoms with E-state index < -0.39 is 0 Å². The van der Waals surface area contributed by atoms with Crippen molar-refractivity contribution in [2.24, 2.45) is 5.18 Å². The molecule has 0 fully saturated rings. The Morgan fingerprint density at radius 2 is 2.50 bits per heavy atom. The highest BCUT2D eigenvalue weighted by Crippen LogP contribution is 2.01. The van der Waals surface area contributed by atoms with Gasteiger partial charge in [0.15, 0.2) is 0 Å². The minimum absolute atomic E-state index is 0.239. The van der Waals surface area contributed by atoms with Crippen LogP contribution < -0.4 is 0 Å². The molecule has 0 aliphatic rings. The molecule has 0 amide bonds. The molecule has 1 rings (SSSR count). The van der Waals surface area contributed by atoms with Crippen LogP contribution in [0.2, 0.25) is 0 Å². The molecule has 0 radical (unpaired) electrons. The summed E-state index contributed by atoms with van der Waals surface area (Å²) in [6.45, 7) is 2.12. The topological polar surface area (TPSA) is 42.3 Å². The van der Waals surface area contributed by atoms with Crippen LogP contribution in [0.15, 0.2) is 23.5 Å². The Morgan fingerprint density at radius 1 is 1.70 bits per heavy atom. The van der Waals surface area contributed by atoms with Gasteiger partial charge in [-0.25, -0.2) is 0 Å². The molecule has 0 spiro atoms. The molecule has 10 heavy (non-hydrogen) atoms. The highest BCUT2D eigenvalue weighted by Gasteiger charge is 1.90. The van der Waals surface area contributed by atoms with E-state index in [1.54, 1.807) is 12.3 Å². The zero-order valence-corrected chi connectivity index (χ0v) is 5.74. The van der Waals surface area contributed by atoms with Crippen LogP contribution in [0, 0.1) is 11.8 Å². The minimum atomic E-state index is 0.239. The second-order valence-corrected chi connectivity index (χ2v) is 2.09. The monoisotopic (exact) mass is 136 g/mol. The Morgan fingerprint density at radius 3 is 3.10 bits per heavy atom. The molecule has 0 aliphatic carbocycles. The number of aryl methyl sites for hydroxylation is 1. The van der Waals surface area contributed by atoms with Crippen LogP contribution >= 0.6 is 0 Å². The summed E-state index contributed by atoms with van der Waals surface area (Å²) in [5.41, 5.74) is 1.84. The maximum absolute atomic E-state index is 9.82. The van der Waals surface area contributed by atoms with E-state index in [4.69, 9.17) is 0 Å². The number of nitrogens with zero attached hydrogens (tertiary/aromatic N) is 2. The maximum atomic E-state index is 9.82. The predicted molar refractivity (Wildman–Crippen MR) is 38.5 cm³/mol. The lowest BCUT2D eigenvalue weighted by atomic mass is 10.2. The Bertz CT molecular complexity index is 235. The molecule has 1 aromatic heterocycles. The van der Waals surface area contributed by atoms with Crippen molar-refractivity contribution in [3.8, 4) is 0 Å². The van der Waals surface area contributed by atoms with Gasteiger partial charge in [-0.2, -0.15) is 4.91 Å². The van der Waals surface area contributed by atoms with E-state index in [1.807, 2.05) is 13.0 Å². The van der Waals surface area contributed by atoms with Crippen molar-refractivity contribution in [1.82, 2.24) is 4.98 Å². The molecule has 0 bridgehead atoms. The lowest BCUT2D eigenvalue weighted by Crippen LogP contribution is -1.84. The summed E-state index contributed by atoms with van der Waals surface area (Å²) in [7, 11) is 0. The van der Waals surface area contributed by atoms with E-state index in [1.165, 1.54) is 0 Å². The molecule has 52 valence electrons. The first-order valence-corrected chi connectivity index (χ1v) is 3.03. The molecule has 0 N–H and O–H groups in total. The molecule has 0 aromatic carbocycles. The fourth-order valence-corrected chi connectivity index (χ4v) is 0.777. The minimum Gasteiger partial charge on any atom is -0.262 e. The van der Waals surface area contributed by atoms with Gasteiger partial charge in [0.05, 0.1) is 0 Å². The lowest BCUT2D eigenvalue weighted by molar-refractivity contribution is 1.03. The average Bonchev–Trinajstić information content (AvgIpc) is 1.88. The smallest absolute Gasteiger partial charge is 0.106 e. The summed E-state index contributed by atoms with van der Waals surface area (Å²) in [6, 6.07) is 3.63. The third-order valence-corrected chi connectivity index (χ3v) is 1.21. The predicted octanol–water partition coefficient (Wildman–Crippen LogP) is 1.66. The van der Waals surface area contributed by atoms with E-state index in [-0.39, 0.29) is 6.54 Å². The van der Waals surface area contributed by atoms with Gasteiger partial charge in [-0.15, -0.1) is 0 Å². The third-order valence-electron chi connectivity index (χ3n) is 1.21. The van der Waals surface area contributed by atoms with E-state index in [0.29, 0.717) is 0 Å². The molecule has 0 atom stereocenters. The van der Waals surface area contributed by atoms with Crippen molar-refractivity contribution < 1.29 is 0 Å². The normalized spacial score (nSPS) is 9.30. The van der Waals surface area contributed by atoms with Gasteiger partial charge in [0.25, 0.3) is 0 Å². The average molecular weight is 136 g/mol. The summed E-state index contributed by atoms with van der Waals surface area (Å²) in [6.07, 6.45) is 1.68. The summed E-state index contributed by atoms with van der Waals surface area (Å²) in [5, 5.41) is 2.77. The SMILES string of the molecule is Cc1cc(CN=O)ccn1. The van der Waals surface area contributed by atoms with Gasteiger partial charge in [-0.05, 0) is 24.6 Å². The van der Waals surface area contributed by atoms with E-state index in [2.05, 4.69) is 10.2 Å². The first-order valence-electron chi connectivity index (χ1n) is 3.03. The van der Waals surface area contributed by atoms with E-state index in [0.717, 1.165) is 11.3 Å². The van der Waals surface area contributed by atoms with Crippen molar-refractivity contribution in [2.45, 2.75) is 13.5 Å². The summed E-state index contributed by atoms with van der Waals surface area (Å²) in [4.78, 5) is 13.8. The van der Waals surface area contributed by atoms with Gasteiger partial charge >= 0.3 is 0 Å². The first-order chi connectivity index (χ1) is 4.83. The van der Waals surface area contributed by atoms with Crippen molar-refractivity contribution in [3.05, 3.63) is 34.5 Å². The summed E-state index contributed by atoms with van der Waals surface area (Å²) < 4.78 is 0. The van der Waals surface area contributed by atoms with Gasteiger partial charge in [0, 0.05) is 11.9 Å². The number of nitroso groups, excluding NO2 is 1. The van der Waals surface area contributed by atoms with Crippen molar-refractivity contribution in [2.75, 3.05) is 0 Å². The standard InChI is InChI=1S/C7H8N2O/c1-6-4-7(5-9-10)2-3-8-6/h2-4H,5H2,1H3. The Hall–Kier alpha value is -1.25. The highest BCUT2D eigenvalue weighted by molar-refractivity contribution is 5.14. The number of hydrogen-bond donors (Lipinski definition) is 0. The molecular formula is C7H8N2O.